The number of morpholine rings is 1. The highest BCUT2D eigenvalue weighted by molar-refractivity contribution is 6.23. The number of nitrogens with zero attached hydrogens (tertiary/aromatic N) is 2. The molecular formula is C48H42N2O11. The smallest absolute Gasteiger partial charge is 0.421 e. The normalized spacial score (nSPS) is 22.7. The molecule has 0 aromatic heterocycles. The average Bonchev–Trinajstić information content (AvgIpc) is 3.75. The predicted molar refractivity (Wildman–Crippen MR) is 221 cm³/mol. The second-order valence-electron chi connectivity index (χ2n) is 14.7. The first-order valence-electron chi connectivity index (χ1n) is 19.7. The molecule has 61 heavy (non-hydrogen) atoms. The Kier molecular flexibility index (Phi) is 11.6. The summed E-state index contributed by atoms with van der Waals surface area (Å²) in [5.41, 5.74) is 0.874. The molecule has 0 bridgehead atoms. The van der Waals surface area contributed by atoms with Crippen LogP contribution in [-0.2, 0) is 34.0 Å². The van der Waals surface area contributed by atoms with Crippen molar-refractivity contribution in [2.75, 3.05) is 45.5 Å². The molecule has 3 heterocycles. The van der Waals surface area contributed by atoms with Gasteiger partial charge in [0.2, 0.25) is 5.91 Å². The number of esters is 1. The molecule has 6 atom stereocenters. The lowest BCUT2D eigenvalue weighted by molar-refractivity contribution is -0.179. The maximum atomic E-state index is 15.9. The summed E-state index contributed by atoms with van der Waals surface area (Å²) in [6, 6.07) is 33.4. The molecule has 2 fully saturated rings. The van der Waals surface area contributed by atoms with Crippen molar-refractivity contribution in [2.45, 2.75) is 29.6 Å². The maximum absolute atomic E-state index is 15.9. The summed E-state index contributed by atoms with van der Waals surface area (Å²) in [4.78, 5) is 61.7. The van der Waals surface area contributed by atoms with E-state index >= 15 is 4.79 Å². The number of imide groups is 1. The van der Waals surface area contributed by atoms with Crippen molar-refractivity contribution >= 4 is 29.6 Å². The Balaban J connectivity index is 1.42. The number of hydrogen-bond donors (Lipinski definition) is 2. The number of aliphatic carboxylic acids is 1. The highest BCUT2D eigenvalue weighted by Gasteiger charge is 2.76. The van der Waals surface area contributed by atoms with Crippen molar-refractivity contribution in [3.05, 3.63) is 161 Å². The van der Waals surface area contributed by atoms with Gasteiger partial charge in [0.15, 0.2) is 0 Å². The van der Waals surface area contributed by atoms with Crippen molar-refractivity contribution in [1.29, 1.82) is 0 Å². The van der Waals surface area contributed by atoms with E-state index in [-0.39, 0.29) is 37.7 Å². The zero-order valence-electron chi connectivity index (χ0n) is 33.3. The van der Waals surface area contributed by atoms with Crippen molar-refractivity contribution in [3.8, 4) is 23.3 Å². The number of ether oxygens (including phenoxy) is 5. The van der Waals surface area contributed by atoms with Gasteiger partial charge in [0.1, 0.15) is 48.2 Å². The number of amides is 2. The van der Waals surface area contributed by atoms with Crippen LogP contribution in [-0.4, -0.2) is 85.7 Å². The van der Waals surface area contributed by atoms with Crippen LogP contribution in [0, 0.1) is 17.8 Å². The second kappa shape index (κ2) is 17.3. The number of methoxy groups -OCH3 is 2. The molecule has 0 radical (unpaired) electrons. The van der Waals surface area contributed by atoms with Crippen LogP contribution in [0.15, 0.2) is 127 Å². The first-order chi connectivity index (χ1) is 29.7. The minimum Gasteiger partial charge on any atom is -0.497 e. The maximum Gasteiger partial charge on any atom is 0.421 e. The van der Waals surface area contributed by atoms with Crippen LogP contribution in [0.25, 0.3) is 0 Å². The number of aliphatic hydroxyl groups excluding tert-OH is 1. The molecule has 0 saturated carbocycles. The van der Waals surface area contributed by atoms with Gasteiger partial charge >= 0.3 is 18.0 Å². The second-order valence-corrected chi connectivity index (χ2v) is 14.7. The van der Waals surface area contributed by atoms with E-state index in [1.54, 1.807) is 78.7 Å². The minimum atomic E-state index is -2.18. The average molecular weight is 823 g/mol. The van der Waals surface area contributed by atoms with E-state index in [1.165, 1.54) is 7.11 Å². The molecule has 0 aliphatic carbocycles. The van der Waals surface area contributed by atoms with Gasteiger partial charge in [0.25, 0.3) is 0 Å². The zero-order valence-corrected chi connectivity index (χ0v) is 33.3. The summed E-state index contributed by atoms with van der Waals surface area (Å²) in [6.45, 7) is -0.482. The van der Waals surface area contributed by atoms with Crippen LogP contribution < -0.4 is 14.4 Å². The Morgan fingerprint density at radius 3 is 2.08 bits per heavy atom. The lowest BCUT2D eigenvalue weighted by atomic mass is 9.65. The van der Waals surface area contributed by atoms with Gasteiger partial charge in [-0.3, -0.25) is 19.3 Å². The molecular weight excluding hydrogens is 781 g/mol. The van der Waals surface area contributed by atoms with Crippen LogP contribution in [0.5, 0.6) is 11.5 Å². The van der Waals surface area contributed by atoms with E-state index in [4.69, 9.17) is 23.7 Å². The summed E-state index contributed by atoms with van der Waals surface area (Å²) < 4.78 is 28.2. The van der Waals surface area contributed by atoms with Crippen molar-refractivity contribution in [1.82, 2.24) is 4.90 Å². The van der Waals surface area contributed by atoms with Gasteiger partial charge in [-0.05, 0) is 76.9 Å². The van der Waals surface area contributed by atoms with Crippen LogP contribution >= 0.6 is 0 Å². The van der Waals surface area contributed by atoms with Crippen LogP contribution in [0.3, 0.4) is 0 Å². The number of benzene rings is 5. The largest absolute Gasteiger partial charge is 0.497 e. The molecule has 2 amide bonds. The molecule has 2 N–H and O–H groups in total. The van der Waals surface area contributed by atoms with Crippen molar-refractivity contribution in [3.63, 3.8) is 0 Å². The number of carbonyl (C=O) groups excluding carboxylic acids is 3. The van der Waals surface area contributed by atoms with Gasteiger partial charge in [0.05, 0.1) is 38.1 Å². The number of anilines is 1. The highest BCUT2D eigenvalue weighted by Crippen LogP contribution is 2.66. The molecule has 2 saturated heterocycles. The number of cyclic esters (lactones) is 1. The standard InChI is InChI=1S/C48H42N2O11/c1-57-26-27-60-47(56)49-38-23-20-31(17-16-30-18-21-35(58-2)22-19-30)28-37(38)48(46(49)55)39(44(52)53)41-45(54)61-42(33-12-7-4-8-13-33)40(32-10-5-3-6-11-32)50(41)43(48)34-14-9-15-36(29-34)59-25-24-51/h3-15,18-23,28-29,39-43,51H,24-27H2,1-2H3,(H,52,53)/t39-,40-,41-,42+,43+,48-/m1/s1. The molecule has 0 unspecified atom stereocenters. The molecule has 5 aromatic carbocycles. The fraction of sp³-hybridized carbons (Fsp3) is 0.250. The number of carboxylic acid groups (broad SMARTS) is 1. The highest BCUT2D eigenvalue weighted by atomic mass is 16.6. The Morgan fingerprint density at radius 1 is 0.738 bits per heavy atom. The molecule has 3 aliphatic heterocycles. The van der Waals surface area contributed by atoms with Gasteiger partial charge in [0, 0.05) is 18.2 Å². The zero-order chi connectivity index (χ0) is 42.7. The molecule has 310 valence electrons. The van der Waals surface area contributed by atoms with Gasteiger partial charge in [-0.25, -0.2) is 9.69 Å². The fourth-order valence-corrected chi connectivity index (χ4v) is 8.98. The number of carboxylic acids is 1. The first-order valence-corrected chi connectivity index (χ1v) is 19.7. The van der Waals surface area contributed by atoms with E-state index in [0.29, 0.717) is 39.3 Å². The number of hydrogen-bond acceptors (Lipinski definition) is 11. The van der Waals surface area contributed by atoms with Gasteiger partial charge in [-0.1, -0.05) is 84.6 Å². The molecule has 3 aliphatic rings. The Bertz CT molecular complexity index is 2500. The van der Waals surface area contributed by atoms with Gasteiger partial charge < -0.3 is 33.9 Å². The van der Waals surface area contributed by atoms with Gasteiger partial charge in [-0.15, -0.1) is 0 Å². The number of carbonyl (C=O) groups is 4. The Labute approximate surface area is 352 Å². The fourth-order valence-electron chi connectivity index (χ4n) is 8.98. The van der Waals surface area contributed by atoms with Crippen molar-refractivity contribution < 1.29 is 53.1 Å². The molecule has 1 spiro atoms. The lowest BCUT2D eigenvalue weighted by Crippen LogP contribution is -2.53. The van der Waals surface area contributed by atoms with E-state index in [2.05, 4.69) is 11.8 Å². The number of aliphatic hydroxyl groups is 1. The topological polar surface area (TPSA) is 161 Å². The SMILES string of the molecule is COCCOC(=O)N1C(=O)[C@@]2(c3cc(C#Cc4ccc(OC)cc4)ccc31)[C@H](c1cccc(OCCO)c1)N1[C@H](c3ccccc3)[C@H](c3ccccc3)OC(=O)[C@H]1[C@@H]2C(=O)O. The van der Waals surface area contributed by atoms with E-state index in [1.807, 2.05) is 60.7 Å². The third-order valence-corrected chi connectivity index (χ3v) is 11.4. The van der Waals surface area contributed by atoms with Gasteiger partial charge in [-0.2, -0.15) is 0 Å². The number of fused-ring (bicyclic) bond motifs is 3. The quantitative estimate of drug-likeness (QED) is 0.0910. The van der Waals surface area contributed by atoms with E-state index < -0.39 is 59.5 Å². The summed E-state index contributed by atoms with van der Waals surface area (Å²) in [5, 5.41) is 21.2. The summed E-state index contributed by atoms with van der Waals surface area (Å²) in [7, 11) is 3.00. The molecule has 13 heteroatoms. The number of rotatable bonds is 11. The third-order valence-electron chi connectivity index (χ3n) is 11.4. The summed E-state index contributed by atoms with van der Waals surface area (Å²) in [6.07, 6.45) is -2.00. The minimum absolute atomic E-state index is 0.0357. The molecule has 5 aromatic rings. The van der Waals surface area contributed by atoms with Crippen LogP contribution in [0.4, 0.5) is 10.5 Å². The van der Waals surface area contributed by atoms with Crippen molar-refractivity contribution in [2.24, 2.45) is 5.92 Å². The lowest BCUT2D eigenvalue weighted by Gasteiger charge is -2.46. The first kappa shape index (κ1) is 40.8. The van der Waals surface area contributed by atoms with E-state index in [0.717, 1.165) is 4.90 Å². The van der Waals surface area contributed by atoms with Crippen LogP contribution in [0.2, 0.25) is 0 Å². The monoisotopic (exact) mass is 822 g/mol. The Morgan fingerprint density at radius 2 is 1.41 bits per heavy atom. The summed E-state index contributed by atoms with van der Waals surface area (Å²) >= 11 is 0. The molecule has 13 nitrogen and oxygen atoms in total. The summed E-state index contributed by atoms with van der Waals surface area (Å²) in [5.74, 6) is 2.22. The predicted octanol–water partition coefficient (Wildman–Crippen LogP) is 6.00. The van der Waals surface area contributed by atoms with E-state index in [9.17, 15) is 24.6 Å². The third kappa shape index (κ3) is 7.24. The Hall–Kier alpha value is -6.98. The van der Waals surface area contributed by atoms with Crippen LogP contribution in [0.1, 0.15) is 51.6 Å². The molecule has 8 rings (SSSR count).